The van der Waals surface area contributed by atoms with E-state index in [0.717, 1.165) is 6.42 Å². The van der Waals surface area contributed by atoms with Gasteiger partial charge in [-0.3, -0.25) is 10.1 Å². The van der Waals surface area contributed by atoms with E-state index in [4.69, 9.17) is 5.73 Å². The molecule has 0 unspecified atom stereocenters. The number of imide groups is 1. The van der Waals surface area contributed by atoms with Crippen molar-refractivity contribution in [3.63, 3.8) is 0 Å². The lowest BCUT2D eigenvalue weighted by atomic mass is 9.95. The van der Waals surface area contributed by atoms with E-state index in [0.29, 0.717) is 0 Å². The maximum absolute atomic E-state index is 11.3. The van der Waals surface area contributed by atoms with Crippen LogP contribution in [0.3, 0.4) is 0 Å². The highest BCUT2D eigenvalue weighted by molar-refractivity contribution is 5.94. The smallest absolute Gasteiger partial charge is 0.318 e. The van der Waals surface area contributed by atoms with Crippen molar-refractivity contribution in [1.82, 2.24) is 10.6 Å². The minimum Gasteiger partial charge on any atom is -0.351 e. The average Bonchev–Trinajstić information content (AvgIpc) is 2.26. The summed E-state index contributed by atoms with van der Waals surface area (Å²) in [5.41, 5.74) is 5.80. The summed E-state index contributed by atoms with van der Waals surface area (Å²) >= 11 is 0. The normalized spacial score (nSPS) is 11.0. The fourth-order valence-corrected chi connectivity index (χ4v) is 1.67. The van der Waals surface area contributed by atoms with Crippen molar-refractivity contribution in [2.45, 2.75) is 25.8 Å². The molecule has 0 fully saturated rings. The SMILES string of the molecule is CC(C)(Cc1ccccc1)NCC(=O)NC(N)=O. The molecule has 4 N–H and O–H groups in total. The Labute approximate surface area is 107 Å². The van der Waals surface area contributed by atoms with Gasteiger partial charge in [-0.25, -0.2) is 4.79 Å². The maximum atomic E-state index is 11.3. The van der Waals surface area contributed by atoms with Gasteiger partial charge in [-0.2, -0.15) is 0 Å². The van der Waals surface area contributed by atoms with Crippen LogP contribution in [0.1, 0.15) is 19.4 Å². The molecule has 5 heteroatoms. The van der Waals surface area contributed by atoms with Crippen LogP contribution in [0.25, 0.3) is 0 Å². The standard InChI is InChI=1S/C13H19N3O2/c1-13(2,8-10-6-4-3-5-7-10)15-9-11(17)16-12(14)18/h3-7,15H,8-9H2,1-2H3,(H3,14,16,17,18). The van der Waals surface area contributed by atoms with Crippen LogP contribution in [-0.4, -0.2) is 24.0 Å². The van der Waals surface area contributed by atoms with Crippen molar-refractivity contribution in [3.8, 4) is 0 Å². The Hall–Kier alpha value is -1.88. The van der Waals surface area contributed by atoms with Gasteiger partial charge in [0.15, 0.2) is 0 Å². The molecule has 3 amide bonds. The van der Waals surface area contributed by atoms with Crippen LogP contribution in [0.4, 0.5) is 4.79 Å². The van der Waals surface area contributed by atoms with E-state index >= 15 is 0 Å². The monoisotopic (exact) mass is 249 g/mol. The number of urea groups is 1. The van der Waals surface area contributed by atoms with Crippen LogP contribution >= 0.6 is 0 Å². The Morgan fingerprint density at radius 2 is 1.83 bits per heavy atom. The number of nitrogens with one attached hydrogen (secondary N) is 2. The summed E-state index contributed by atoms with van der Waals surface area (Å²) in [5.74, 6) is -0.427. The molecule has 0 aliphatic rings. The quantitative estimate of drug-likeness (QED) is 0.721. The fraction of sp³-hybridized carbons (Fsp3) is 0.385. The third-order valence-electron chi connectivity index (χ3n) is 2.48. The zero-order valence-corrected chi connectivity index (χ0v) is 10.7. The molecule has 0 aromatic heterocycles. The summed E-state index contributed by atoms with van der Waals surface area (Å²) < 4.78 is 0. The van der Waals surface area contributed by atoms with Crippen molar-refractivity contribution >= 4 is 11.9 Å². The van der Waals surface area contributed by atoms with Gasteiger partial charge in [-0.1, -0.05) is 30.3 Å². The van der Waals surface area contributed by atoms with Gasteiger partial charge in [0, 0.05) is 5.54 Å². The molecule has 0 aliphatic carbocycles. The third-order valence-corrected chi connectivity index (χ3v) is 2.48. The van der Waals surface area contributed by atoms with E-state index in [9.17, 15) is 9.59 Å². The van der Waals surface area contributed by atoms with Gasteiger partial charge in [0.2, 0.25) is 5.91 Å². The lowest BCUT2D eigenvalue weighted by Crippen LogP contribution is -2.48. The third kappa shape index (κ3) is 5.45. The molecular formula is C13H19N3O2. The Balaban J connectivity index is 2.45. The van der Waals surface area contributed by atoms with Crippen molar-refractivity contribution in [1.29, 1.82) is 0 Å². The number of hydrogen-bond acceptors (Lipinski definition) is 3. The summed E-state index contributed by atoms with van der Waals surface area (Å²) in [7, 11) is 0. The van der Waals surface area contributed by atoms with E-state index in [1.165, 1.54) is 5.56 Å². The molecule has 1 aromatic rings. The zero-order chi connectivity index (χ0) is 13.6. The summed E-state index contributed by atoms with van der Waals surface area (Å²) in [6.45, 7) is 4.05. The fourth-order valence-electron chi connectivity index (χ4n) is 1.67. The topological polar surface area (TPSA) is 84.2 Å². The highest BCUT2D eigenvalue weighted by atomic mass is 16.2. The van der Waals surface area contributed by atoms with Crippen molar-refractivity contribution < 1.29 is 9.59 Å². The van der Waals surface area contributed by atoms with Gasteiger partial charge in [0.05, 0.1) is 6.54 Å². The van der Waals surface area contributed by atoms with Gasteiger partial charge in [0.25, 0.3) is 0 Å². The molecule has 5 nitrogen and oxygen atoms in total. The van der Waals surface area contributed by atoms with Crippen LogP contribution in [0.15, 0.2) is 30.3 Å². The molecule has 0 radical (unpaired) electrons. The summed E-state index contributed by atoms with van der Waals surface area (Å²) in [5, 5.41) is 5.11. The van der Waals surface area contributed by atoms with Crippen molar-refractivity contribution in [2.24, 2.45) is 5.73 Å². The zero-order valence-electron chi connectivity index (χ0n) is 10.7. The van der Waals surface area contributed by atoms with Crippen LogP contribution in [0.2, 0.25) is 0 Å². The minimum atomic E-state index is -0.831. The Kier molecular flexibility index (Phi) is 4.85. The Morgan fingerprint density at radius 1 is 1.22 bits per heavy atom. The second-order valence-electron chi connectivity index (χ2n) is 4.81. The van der Waals surface area contributed by atoms with Crippen LogP contribution in [-0.2, 0) is 11.2 Å². The minimum absolute atomic E-state index is 0.0583. The van der Waals surface area contributed by atoms with E-state index in [2.05, 4.69) is 5.32 Å². The first-order chi connectivity index (χ1) is 8.39. The first-order valence-corrected chi connectivity index (χ1v) is 5.77. The van der Waals surface area contributed by atoms with Crippen molar-refractivity contribution in [3.05, 3.63) is 35.9 Å². The largest absolute Gasteiger partial charge is 0.351 e. The molecule has 18 heavy (non-hydrogen) atoms. The predicted octanol–water partition coefficient (Wildman–Crippen LogP) is 0.792. The maximum Gasteiger partial charge on any atom is 0.318 e. The van der Waals surface area contributed by atoms with Gasteiger partial charge < -0.3 is 11.1 Å². The lowest BCUT2D eigenvalue weighted by Gasteiger charge is -2.26. The number of carbonyl (C=O) groups is 2. The number of amides is 3. The average molecular weight is 249 g/mol. The number of rotatable bonds is 5. The summed E-state index contributed by atoms with van der Waals surface area (Å²) in [4.78, 5) is 21.8. The number of primary amides is 1. The second kappa shape index (κ2) is 6.16. The second-order valence-corrected chi connectivity index (χ2v) is 4.81. The molecule has 0 saturated carbocycles. The predicted molar refractivity (Wildman–Crippen MR) is 70.0 cm³/mol. The highest BCUT2D eigenvalue weighted by Crippen LogP contribution is 2.11. The van der Waals surface area contributed by atoms with Gasteiger partial charge in [0.1, 0.15) is 0 Å². The molecular weight excluding hydrogens is 230 g/mol. The number of nitrogens with two attached hydrogens (primary N) is 1. The van der Waals surface area contributed by atoms with Crippen LogP contribution in [0.5, 0.6) is 0 Å². The van der Waals surface area contributed by atoms with Gasteiger partial charge >= 0.3 is 6.03 Å². The first kappa shape index (κ1) is 14.2. The molecule has 0 spiro atoms. The number of carbonyl (C=O) groups excluding carboxylic acids is 2. The molecule has 0 bridgehead atoms. The summed E-state index contributed by atoms with van der Waals surface area (Å²) in [6.07, 6.45) is 0.789. The molecule has 0 heterocycles. The van der Waals surface area contributed by atoms with Crippen LogP contribution in [0, 0.1) is 0 Å². The highest BCUT2D eigenvalue weighted by Gasteiger charge is 2.19. The molecule has 1 aromatic carbocycles. The van der Waals surface area contributed by atoms with E-state index in [-0.39, 0.29) is 12.1 Å². The first-order valence-electron chi connectivity index (χ1n) is 5.77. The van der Waals surface area contributed by atoms with E-state index in [1.807, 2.05) is 49.5 Å². The molecule has 0 aliphatic heterocycles. The van der Waals surface area contributed by atoms with Crippen LogP contribution < -0.4 is 16.4 Å². The number of benzene rings is 1. The van der Waals surface area contributed by atoms with Gasteiger partial charge in [-0.15, -0.1) is 0 Å². The molecule has 1 rings (SSSR count). The molecule has 0 atom stereocenters. The van der Waals surface area contributed by atoms with Crippen molar-refractivity contribution in [2.75, 3.05) is 6.54 Å². The Bertz CT molecular complexity index is 416. The molecule has 98 valence electrons. The lowest BCUT2D eigenvalue weighted by molar-refractivity contribution is -0.119. The molecule has 0 saturated heterocycles. The van der Waals surface area contributed by atoms with E-state index < -0.39 is 11.9 Å². The summed E-state index contributed by atoms with van der Waals surface area (Å²) in [6, 6.07) is 9.16. The number of hydrogen-bond donors (Lipinski definition) is 3. The van der Waals surface area contributed by atoms with E-state index in [1.54, 1.807) is 0 Å². The van der Waals surface area contributed by atoms with Gasteiger partial charge in [-0.05, 0) is 25.8 Å². The Morgan fingerprint density at radius 3 is 2.39 bits per heavy atom.